The van der Waals surface area contributed by atoms with Crippen LogP contribution < -0.4 is 22.1 Å². The number of nitrogens with two attached hydrogens (primary N) is 2. The van der Waals surface area contributed by atoms with Crippen molar-refractivity contribution in [3.8, 4) is 0 Å². The normalized spacial score (nSPS) is 9.86. The SMILES string of the molecule is CC(=O)O.CCCCCCCCCCCCNC(=N)N.CCCCCCCCCCCCNC(=N)N. The highest BCUT2D eigenvalue weighted by Gasteiger charge is 1.94. The average Bonchev–Trinajstić information content (AvgIpc) is 2.81. The van der Waals surface area contributed by atoms with Crippen LogP contribution in [-0.2, 0) is 4.79 Å². The summed E-state index contributed by atoms with van der Waals surface area (Å²) >= 11 is 0. The lowest BCUT2D eigenvalue weighted by Gasteiger charge is -2.03. The minimum Gasteiger partial charge on any atom is -0.481 e. The van der Waals surface area contributed by atoms with Crippen molar-refractivity contribution in [2.24, 2.45) is 11.5 Å². The number of unbranched alkanes of at least 4 members (excludes halogenated alkanes) is 18. The lowest BCUT2D eigenvalue weighted by atomic mass is 10.1. The van der Waals surface area contributed by atoms with Crippen LogP contribution >= 0.6 is 0 Å². The lowest BCUT2D eigenvalue weighted by molar-refractivity contribution is -0.134. The van der Waals surface area contributed by atoms with Gasteiger partial charge in [-0.15, -0.1) is 0 Å². The van der Waals surface area contributed by atoms with E-state index in [1.165, 1.54) is 116 Å². The molecule has 0 atom stereocenters. The molecule has 0 aliphatic heterocycles. The lowest BCUT2D eigenvalue weighted by Crippen LogP contribution is -2.30. The summed E-state index contributed by atoms with van der Waals surface area (Å²) in [4.78, 5) is 9.00. The molecule has 0 unspecified atom stereocenters. The molecule has 0 saturated heterocycles. The summed E-state index contributed by atoms with van der Waals surface area (Å²) < 4.78 is 0. The molecule has 0 aromatic rings. The zero-order valence-corrected chi connectivity index (χ0v) is 24.1. The Labute approximate surface area is 223 Å². The van der Waals surface area contributed by atoms with Crippen LogP contribution in [0.5, 0.6) is 0 Å². The second kappa shape index (κ2) is 35.2. The number of carbonyl (C=O) groups is 1. The Morgan fingerprint density at radius 3 is 0.944 bits per heavy atom. The van der Waals surface area contributed by atoms with Gasteiger partial charge >= 0.3 is 0 Å². The van der Waals surface area contributed by atoms with Gasteiger partial charge in [-0.1, -0.05) is 129 Å². The topological polar surface area (TPSA) is 161 Å². The van der Waals surface area contributed by atoms with Gasteiger partial charge in [-0.05, 0) is 12.8 Å². The third-order valence-corrected chi connectivity index (χ3v) is 5.69. The van der Waals surface area contributed by atoms with E-state index >= 15 is 0 Å². The van der Waals surface area contributed by atoms with Crippen LogP contribution in [0.1, 0.15) is 149 Å². The van der Waals surface area contributed by atoms with Gasteiger partial charge < -0.3 is 27.2 Å². The summed E-state index contributed by atoms with van der Waals surface area (Å²) in [5, 5.41) is 27.1. The first-order valence-corrected chi connectivity index (χ1v) is 14.6. The molecule has 0 bridgehead atoms. The van der Waals surface area contributed by atoms with Crippen molar-refractivity contribution in [2.75, 3.05) is 13.1 Å². The van der Waals surface area contributed by atoms with Crippen LogP contribution in [0.4, 0.5) is 0 Å². The van der Waals surface area contributed by atoms with Crippen molar-refractivity contribution in [3.05, 3.63) is 0 Å². The molecule has 8 nitrogen and oxygen atoms in total. The first-order valence-electron chi connectivity index (χ1n) is 14.6. The highest BCUT2D eigenvalue weighted by Crippen LogP contribution is 2.11. The van der Waals surface area contributed by atoms with E-state index in [2.05, 4.69) is 24.5 Å². The van der Waals surface area contributed by atoms with Crippen molar-refractivity contribution < 1.29 is 9.90 Å². The van der Waals surface area contributed by atoms with Crippen molar-refractivity contribution >= 4 is 17.9 Å². The molecule has 0 fully saturated rings. The van der Waals surface area contributed by atoms with E-state index in [-0.39, 0.29) is 11.9 Å². The molecule has 0 amide bonds. The van der Waals surface area contributed by atoms with Crippen LogP contribution in [-0.4, -0.2) is 36.1 Å². The first-order chi connectivity index (χ1) is 17.3. The number of nitrogens with one attached hydrogen (secondary N) is 4. The highest BCUT2D eigenvalue weighted by atomic mass is 16.4. The number of carboxylic acids is 1. The van der Waals surface area contributed by atoms with E-state index in [1.54, 1.807) is 0 Å². The van der Waals surface area contributed by atoms with Gasteiger partial charge in [-0.25, -0.2) is 0 Å². The average molecular weight is 515 g/mol. The predicted octanol–water partition coefficient (Wildman–Crippen LogP) is 6.87. The van der Waals surface area contributed by atoms with Gasteiger partial charge in [0.15, 0.2) is 11.9 Å². The summed E-state index contributed by atoms with van der Waals surface area (Å²) in [5.74, 6) is -0.646. The Morgan fingerprint density at radius 1 is 0.556 bits per heavy atom. The molecule has 9 N–H and O–H groups in total. The molecule has 8 heteroatoms. The number of guanidine groups is 2. The second-order valence-corrected chi connectivity index (χ2v) is 9.56. The van der Waals surface area contributed by atoms with Crippen molar-refractivity contribution in [1.29, 1.82) is 10.8 Å². The summed E-state index contributed by atoms with van der Waals surface area (Å²) in [6.07, 6.45) is 26.9. The van der Waals surface area contributed by atoms with Crippen molar-refractivity contribution in [3.63, 3.8) is 0 Å². The van der Waals surface area contributed by atoms with Gasteiger partial charge in [0, 0.05) is 20.0 Å². The van der Waals surface area contributed by atoms with E-state index in [1.807, 2.05) is 0 Å². The van der Waals surface area contributed by atoms with Crippen LogP contribution in [0, 0.1) is 10.8 Å². The molecule has 0 aliphatic carbocycles. The van der Waals surface area contributed by atoms with Crippen molar-refractivity contribution in [2.45, 2.75) is 149 Å². The Balaban J connectivity index is -0.000000526. The first kappa shape index (κ1) is 38.5. The third kappa shape index (κ3) is 53.4. The summed E-state index contributed by atoms with van der Waals surface area (Å²) in [5.41, 5.74) is 10.4. The monoisotopic (exact) mass is 514 g/mol. The molecule has 36 heavy (non-hydrogen) atoms. The summed E-state index contributed by atoms with van der Waals surface area (Å²) in [6.45, 7) is 7.31. The number of hydrogen-bond donors (Lipinski definition) is 7. The zero-order chi connectivity index (χ0) is 27.7. The van der Waals surface area contributed by atoms with Gasteiger partial charge in [0.1, 0.15) is 0 Å². The number of carboxylic acid groups (broad SMARTS) is 1. The quantitative estimate of drug-likeness (QED) is 0.0473. The van der Waals surface area contributed by atoms with E-state index in [0.29, 0.717) is 0 Å². The number of rotatable bonds is 22. The predicted molar refractivity (Wildman–Crippen MR) is 157 cm³/mol. The Morgan fingerprint density at radius 2 is 0.750 bits per heavy atom. The Hall–Kier alpha value is -1.99. The largest absolute Gasteiger partial charge is 0.481 e. The fourth-order valence-electron chi connectivity index (χ4n) is 3.67. The molecule has 0 aliphatic rings. The minimum atomic E-state index is -0.833. The maximum absolute atomic E-state index is 9.00. The van der Waals surface area contributed by atoms with Gasteiger partial charge in [-0.3, -0.25) is 15.6 Å². The van der Waals surface area contributed by atoms with E-state index in [0.717, 1.165) is 32.9 Å². The van der Waals surface area contributed by atoms with Gasteiger partial charge in [0.25, 0.3) is 5.97 Å². The second-order valence-electron chi connectivity index (χ2n) is 9.56. The standard InChI is InChI=1S/2C13H29N3.C2H4O2/c2*1-2-3-4-5-6-7-8-9-10-11-12-16-13(14)15;1-2(3)4/h2*2-12H2,1H3,(H4,14,15,16);1H3,(H,3,4). The molecule has 0 aromatic carbocycles. The Bertz CT molecular complexity index is 435. The van der Waals surface area contributed by atoms with Gasteiger partial charge in [-0.2, -0.15) is 0 Å². The minimum absolute atomic E-state index is 0.0934. The van der Waals surface area contributed by atoms with E-state index in [9.17, 15) is 0 Å². The summed E-state index contributed by atoms with van der Waals surface area (Å²) in [7, 11) is 0. The molecule has 0 heterocycles. The van der Waals surface area contributed by atoms with Crippen molar-refractivity contribution in [1.82, 2.24) is 10.6 Å². The highest BCUT2D eigenvalue weighted by molar-refractivity contribution is 5.74. The third-order valence-electron chi connectivity index (χ3n) is 5.69. The fourth-order valence-corrected chi connectivity index (χ4v) is 3.67. The maximum Gasteiger partial charge on any atom is 0.300 e. The molecule has 216 valence electrons. The van der Waals surface area contributed by atoms with E-state index < -0.39 is 5.97 Å². The Kier molecular flexibility index (Phi) is 37.7. The van der Waals surface area contributed by atoms with Crippen LogP contribution in [0.3, 0.4) is 0 Å². The fraction of sp³-hybridized carbons (Fsp3) is 0.893. The molecule has 0 saturated carbocycles. The van der Waals surface area contributed by atoms with Gasteiger partial charge in [0.2, 0.25) is 0 Å². The maximum atomic E-state index is 9.00. The number of aliphatic carboxylic acids is 1. The molecule has 0 aromatic heterocycles. The number of hydrogen-bond acceptors (Lipinski definition) is 3. The summed E-state index contributed by atoms with van der Waals surface area (Å²) in [6, 6.07) is 0. The van der Waals surface area contributed by atoms with Crippen LogP contribution in [0.2, 0.25) is 0 Å². The molecule has 0 radical (unpaired) electrons. The zero-order valence-electron chi connectivity index (χ0n) is 24.1. The molecule has 0 spiro atoms. The molecular weight excluding hydrogens is 452 g/mol. The molecular formula is C28H62N6O2. The smallest absolute Gasteiger partial charge is 0.300 e. The molecule has 0 rings (SSSR count). The van der Waals surface area contributed by atoms with E-state index in [4.69, 9.17) is 32.2 Å². The van der Waals surface area contributed by atoms with Gasteiger partial charge in [0.05, 0.1) is 0 Å². The van der Waals surface area contributed by atoms with Crippen LogP contribution in [0.15, 0.2) is 0 Å². The van der Waals surface area contributed by atoms with Crippen LogP contribution in [0.25, 0.3) is 0 Å².